The SMILES string of the molecule is CNCC1CCCCN1C1CCOC2(CCSC2)C1. The summed E-state index contributed by atoms with van der Waals surface area (Å²) in [4.78, 5) is 2.81. The molecule has 0 aliphatic carbocycles. The van der Waals surface area contributed by atoms with Crippen molar-refractivity contribution in [1.29, 1.82) is 0 Å². The van der Waals surface area contributed by atoms with Gasteiger partial charge in [-0.15, -0.1) is 0 Å². The number of likely N-dealkylation sites (tertiary alicyclic amines) is 1. The van der Waals surface area contributed by atoms with E-state index in [-0.39, 0.29) is 5.60 Å². The first-order valence-corrected chi connectivity index (χ1v) is 9.10. The van der Waals surface area contributed by atoms with Crippen LogP contribution in [0.3, 0.4) is 0 Å². The van der Waals surface area contributed by atoms with Crippen LogP contribution in [-0.2, 0) is 4.74 Å². The average Bonchev–Trinajstić information content (AvgIpc) is 2.88. The summed E-state index contributed by atoms with van der Waals surface area (Å²) < 4.78 is 6.18. The third kappa shape index (κ3) is 3.12. The summed E-state index contributed by atoms with van der Waals surface area (Å²) in [5.74, 6) is 2.53. The Bertz CT molecular complexity index is 292. The van der Waals surface area contributed by atoms with Crippen LogP contribution in [0.2, 0.25) is 0 Å². The number of thioether (sulfide) groups is 1. The Hall–Kier alpha value is 0.230. The van der Waals surface area contributed by atoms with E-state index in [1.807, 2.05) is 0 Å². The van der Waals surface area contributed by atoms with Gasteiger partial charge in [0.1, 0.15) is 0 Å². The van der Waals surface area contributed by atoms with Crippen LogP contribution < -0.4 is 5.32 Å². The zero-order valence-corrected chi connectivity index (χ0v) is 13.0. The van der Waals surface area contributed by atoms with Gasteiger partial charge in [-0.25, -0.2) is 0 Å². The van der Waals surface area contributed by atoms with Gasteiger partial charge in [-0.1, -0.05) is 6.42 Å². The van der Waals surface area contributed by atoms with E-state index in [0.717, 1.165) is 25.2 Å². The fourth-order valence-electron chi connectivity index (χ4n) is 4.11. The Balaban J connectivity index is 1.65. The molecule has 3 aliphatic rings. The Morgan fingerprint density at radius 1 is 1.37 bits per heavy atom. The second-order valence-electron chi connectivity index (χ2n) is 6.43. The molecule has 1 spiro atoms. The first kappa shape index (κ1) is 14.2. The summed E-state index contributed by atoms with van der Waals surface area (Å²) in [7, 11) is 2.09. The van der Waals surface area contributed by atoms with E-state index in [0.29, 0.717) is 0 Å². The highest BCUT2D eigenvalue weighted by molar-refractivity contribution is 7.99. The van der Waals surface area contributed by atoms with Crippen molar-refractivity contribution in [2.75, 3.05) is 38.2 Å². The Labute approximate surface area is 121 Å². The highest BCUT2D eigenvalue weighted by Crippen LogP contribution is 2.40. The molecule has 3 fully saturated rings. The molecule has 0 bridgehead atoms. The third-order valence-electron chi connectivity index (χ3n) is 5.12. The molecule has 0 amide bonds. The van der Waals surface area contributed by atoms with Crippen LogP contribution in [0.25, 0.3) is 0 Å². The molecule has 0 saturated carbocycles. The Kier molecular flexibility index (Phi) is 4.73. The maximum absolute atomic E-state index is 6.18. The molecular formula is C15H28N2OS. The lowest BCUT2D eigenvalue weighted by Gasteiger charge is -2.47. The number of piperidine rings is 1. The van der Waals surface area contributed by atoms with E-state index in [2.05, 4.69) is 29.0 Å². The molecular weight excluding hydrogens is 256 g/mol. The molecule has 0 aromatic carbocycles. The van der Waals surface area contributed by atoms with Crippen LogP contribution in [0.1, 0.15) is 38.5 Å². The molecule has 3 aliphatic heterocycles. The summed E-state index contributed by atoms with van der Waals surface area (Å²) >= 11 is 2.08. The topological polar surface area (TPSA) is 24.5 Å². The number of nitrogens with zero attached hydrogens (tertiary/aromatic N) is 1. The van der Waals surface area contributed by atoms with E-state index in [1.165, 1.54) is 56.6 Å². The van der Waals surface area contributed by atoms with Gasteiger partial charge in [0, 0.05) is 31.0 Å². The molecule has 19 heavy (non-hydrogen) atoms. The molecule has 110 valence electrons. The average molecular weight is 284 g/mol. The van der Waals surface area contributed by atoms with Gasteiger partial charge in [0.15, 0.2) is 0 Å². The second-order valence-corrected chi connectivity index (χ2v) is 7.53. The zero-order valence-electron chi connectivity index (χ0n) is 12.2. The number of likely N-dealkylation sites (N-methyl/N-ethyl adjacent to an activating group) is 1. The predicted molar refractivity (Wildman–Crippen MR) is 81.9 cm³/mol. The van der Waals surface area contributed by atoms with Crippen molar-refractivity contribution < 1.29 is 4.74 Å². The molecule has 3 rings (SSSR count). The van der Waals surface area contributed by atoms with Crippen molar-refractivity contribution in [3.8, 4) is 0 Å². The molecule has 4 heteroatoms. The van der Waals surface area contributed by atoms with Gasteiger partial charge >= 0.3 is 0 Å². The van der Waals surface area contributed by atoms with Crippen LogP contribution in [0.4, 0.5) is 0 Å². The highest BCUT2D eigenvalue weighted by Gasteiger charge is 2.43. The van der Waals surface area contributed by atoms with Gasteiger partial charge in [0.05, 0.1) is 5.60 Å². The number of ether oxygens (including phenoxy) is 1. The first-order chi connectivity index (χ1) is 9.33. The van der Waals surface area contributed by atoms with Gasteiger partial charge in [-0.3, -0.25) is 4.90 Å². The smallest absolute Gasteiger partial charge is 0.0795 e. The molecule has 3 atom stereocenters. The van der Waals surface area contributed by atoms with Crippen molar-refractivity contribution >= 4 is 11.8 Å². The summed E-state index contributed by atoms with van der Waals surface area (Å²) in [5.41, 5.74) is 0.231. The van der Waals surface area contributed by atoms with E-state index in [9.17, 15) is 0 Å². The van der Waals surface area contributed by atoms with Crippen molar-refractivity contribution in [2.24, 2.45) is 0 Å². The van der Waals surface area contributed by atoms with Gasteiger partial charge in [0.25, 0.3) is 0 Å². The van der Waals surface area contributed by atoms with Crippen molar-refractivity contribution in [1.82, 2.24) is 10.2 Å². The quantitative estimate of drug-likeness (QED) is 0.858. The van der Waals surface area contributed by atoms with E-state index in [1.54, 1.807) is 0 Å². The summed E-state index contributed by atoms with van der Waals surface area (Å²) in [5, 5.41) is 3.39. The molecule has 0 aromatic rings. The monoisotopic (exact) mass is 284 g/mol. The summed E-state index contributed by atoms with van der Waals surface area (Å²) in [6.45, 7) is 3.44. The first-order valence-electron chi connectivity index (χ1n) is 7.95. The zero-order chi connectivity index (χ0) is 13.1. The van der Waals surface area contributed by atoms with Crippen LogP contribution in [-0.4, -0.2) is 60.8 Å². The molecule has 0 radical (unpaired) electrons. The minimum Gasteiger partial charge on any atom is -0.374 e. The normalized spacial score (nSPS) is 40.9. The van der Waals surface area contributed by atoms with Crippen LogP contribution in [0.5, 0.6) is 0 Å². The molecule has 3 heterocycles. The van der Waals surface area contributed by atoms with Gasteiger partial charge < -0.3 is 10.1 Å². The molecule has 0 aromatic heterocycles. The molecule has 3 saturated heterocycles. The van der Waals surface area contributed by atoms with Crippen molar-refractivity contribution in [3.63, 3.8) is 0 Å². The molecule has 3 unspecified atom stereocenters. The largest absolute Gasteiger partial charge is 0.374 e. The highest BCUT2D eigenvalue weighted by atomic mass is 32.2. The Morgan fingerprint density at radius 3 is 3.11 bits per heavy atom. The molecule has 3 nitrogen and oxygen atoms in total. The van der Waals surface area contributed by atoms with Gasteiger partial charge in [0.2, 0.25) is 0 Å². The van der Waals surface area contributed by atoms with E-state index < -0.39 is 0 Å². The number of hydrogen-bond acceptors (Lipinski definition) is 4. The minimum atomic E-state index is 0.231. The van der Waals surface area contributed by atoms with Gasteiger partial charge in [-0.05, 0) is 51.4 Å². The number of rotatable bonds is 3. The summed E-state index contributed by atoms with van der Waals surface area (Å²) in [6, 6.07) is 1.53. The van der Waals surface area contributed by atoms with Crippen LogP contribution in [0.15, 0.2) is 0 Å². The Morgan fingerprint density at radius 2 is 2.32 bits per heavy atom. The van der Waals surface area contributed by atoms with Crippen molar-refractivity contribution in [3.05, 3.63) is 0 Å². The maximum atomic E-state index is 6.18. The fourth-order valence-corrected chi connectivity index (χ4v) is 5.48. The number of hydrogen-bond donors (Lipinski definition) is 1. The predicted octanol–water partition coefficient (Wildman–Crippen LogP) is 2.12. The fraction of sp³-hybridized carbons (Fsp3) is 1.00. The van der Waals surface area contributed by atoms with Gasteiger partial charge in [-0.2, -0.15) is 11.8 Å². The maximum Gasteiger partial charge on any atom is 0.0795 e. The lowest BCUT2D eigenvalue weighted by Crippen LogP contribution is -2.55. The third-order valence-corrected chi connectivity index (χ3v) is 6.34. The second kappa shape index (κ2) is 6.33. The van der Waals surface area contributed by atoms with E-state index >= 15 is 0 Å². The van der Waals surface area contributed by atoms with Crippen molar-refractivity contribution in [2.45, 2.75) is 56.2 Å². The van der Waals surface area contributed by atoms with Crippen LogP contribution >= 0.6 is 11.8 Å². The van der Waals surface area contributed by atoms with Crippen LogP contribution in [0, 0.1) is 0 Å². The molecule has 1 N–H and O–H groups in total. The lowest BCUT2D eigenvalue weighted by molar-refractivity contribution is -0.0983. The lowest BCUT2D eigenvalue weighted by atomic mass is 9.87. The minimum absolute atomic E-state index is 0.231. The van der Waals surface area contributed by atoms with E-state index in [4.69, 9.17) is 4.74 Å². The number of nitrogens with one attached hydrogen (secondary N) is 1. The standard InChI is InChI=1S/C15H28N2OS/c1-16-11-14-4-2-3-7-17(14)13-5-8-18-15(10-13)6-9-19-12-15/h13-14,16H,2-12H2,1H3. The summed E-state index contributed by atoms with van der Waals surface area (Å²) in [6.07, 6.45) is 7.97.